The molecule has 1 N–H and O–H groups in total. The van der Waals surface area contributed by atoms with Gasteiger partial charge in [0, 0.05) is 17.3 Å². The molecule has 0 aromatic carbocycles. The summed E-state index contributed by atoms with van der Waals surface area (Å²) in [6, 6.07) is 4.05. The Labute approximate surface area is 124 Å². The Hall–Kier alpha value is -0.140. The predicted octanol–water partition coefficient (Wildman–Crippen LogP) is 2.15. The molecule has 0 saturated heterocycles. The summed E-state index contributed by atoms with van der Waals surface area (Å²) in [5.41, 5.74) is 0. The van der Waals surface area contributed by atoms with Crippen LogP contribution in [0.1, 0.15) is 17.8 Å². The smallest absolute Gasteiger partial charge is 0.211 e. The van der Waals surface area contributed by atoms with Gasteiger partial charge in [0.15, 0.2) is 0 Å². The molecule has 0 saturated carbocycles. The third kappa shape index (κ3) is 5.79. The van der Waals surface area contributed by atoms with E-state index < -0.39 is 10.0 Å². The Morgan fingerprint density at radius 2 is 2.16 bits per heavy atom. The van der Waals surface area contributed by atoms with Gasteiger partial charge in [-0.25, -0.2) is 13.1 Å². The van der Waals surface area contributed by atoms with Gasteiger partial charge in [-0.3, -0.25) is 0 Å². The number of alkyl halides is 1. The summed E-state index contributed by atoms with van der Waals surface area (Å²) in [4.78, 5) is 3.16. The second kappa shape index (κ2) is 7.59. The second-order valence-corrected chi connectivity index (χ2v) is 8.02. The Balaban J connectivity index is 2.62. The average molecular weight is 325 g/mol. The van der Waals surface area contributed by atoms with Crippen LogP contribution in [-0.2, 0) is 10.0 Å². The van der Waals surface area contributed by atoms with Crippen molar-refractivity contribution in [2.45, 2.75) is 13.0 Å². The highest BCUT2D eigenvalue weighted by molar-refractivity contribution is 7.89. The van der Waals surface area contributed by atoms with Gasteiger partial charge in [0.05, 0.1) is 11.8 Å². The minimum Gasteiger partial charge on any atom is -0.300 e. The van der Waals surface area contributed by atoms with Crippen LogP contribution in [0.2, 0.25) is 0 Å². The van der Waals surface area contributed by atoms with Gasteiger partial charge in [0.2, 0.25) is 10.0 Å². The van der Waals surface area contributed by atoms with Crippen molar-refractivity contribution in [2.75, 3.05) is 32.3 Å². The van der Waals surface area contributed by atoms with Crippen LogP contribution in [0, 0.1) is 5.92 Å². The van der Waals surface area contributed by atoms with E-state index in [1.807, 2.05) is 43.4 Å². The van der Waals surface area contributed by atoms with E-state index in [0.29, 0.717) is 12.4 Å². The predicted molar refractivity (Wildman–Crippen MR) is 82.4 cm³/mol. The van der Waals surface area contributed by atoms with Crippen LogP contribution in [0.25, 0.3) is 0 Å². The molecule has 1 rings (SSSR count). The van der Waals surface area contributed by atoms with E-state index in [2.05, 4.69) is 4.72 Å². The average Bonchev–Trinajstić information content (AvgIpc) is 2.81. The molecule has 110 valence electrons. The third-order valence-electron chi connectivity index (χ3n) is 2.76. The van der Waals surface area contributed by atoms with Crippen molar-refractivity contribution >= 4 is 33.0 Å². The molecule has 19 heavy (non-hydrogen) atoms. The van der Waals surface area contributed by atoms with Crippen LogP contribution in [0.5, 0.6) is 0 Å². The molecule has 0 aliphatic rings. The summed E-state index contributed by atoms with van der Waals surface area (Å²) >= 11 is 7.28. The van der Waals surface area contributed by atoms with Gasteiger partial charge in [-0.2, -0.15) is 0 Å². The van der Waals surface area contributed by atoms with Crippen LogP contribution in [0.3, 0.4) is 0 Å². The lowest BCUT2D eigenvalue weighted by molar-refractivity contribution is 0.303. The van der Waals surface area contributed by atoms with Gasteiger partial charge >= 0.3 is 0 Å². The molecule has 0 amide bonds. The monoisotopic (exact) mass is 324 g/mol. The molecule has 0 bridgehead atoms. The number of hydrogen-bond donors (Lipinski definition) is 1. The van der Waals surface area contributed by atoms with Crippen molar-refractivity contribution in [3.63, 3.8) is 0 Å². The molecule has 2 atom stereocenters. The van der Waals surface area contributed by atoms with Gasteiger partial charge in [-0.15, -0.1) is 22.9 Å². The molecule has 2 unspecified atom stereocenters. The maximum absolute atomic E-state index is 11.9. The number of nitrogens with one attached hydrogen (secondary N) is 1. The Morgan fingerprint density at radius 3 is 2.63 bits per heavy atom. The summed E-state index contributed by atoms with van der Waals surface area (Å²) in [6.07, 6.45) is 0. The van der Waals surface area contributed by atoms with Gasteiger partial charge < -0.3 is 4.90 Å². The largest absolute Gasteiger partial charge is 0.300 e. The fourth-order valence-electron chi connectivity index (χ4n) is 1.70. The van der Waals surface area contributed by atoms with Crippen molar-refractivity contribution in [1.29, 1.82) is 0 Å². The van der Waals surface area contributed by atoms with Crippen molar-refractivity contribution in [3.8, 4) is 0 Å². The highest BCUT2D eigenvalue weighted by atomic mass is 35.5. The molecule has 0 spiro atoms. The van der Waals surface area contributed by atoms with Gasteiger partial charge in [-0.1, -0.05) is 13.0 Å². The number of hydrogen-bond acceptors (Lipinski definition) is 4. The van der Waals surface area contributed by atoms with Crippen molar-refractivity contribution in [3.05, 3.63) is 22.4 Å². The topological polar surface area (TPSA) is 49.4 Å². The lowest BCUT2D eigenvalue weighted by Gasteiger charge is -2.23. The Bertz CT molecular complexity index is 460. The van der Waals surface area contributed by atoms with Crippen molar-refractivity contribution in [2.24, 2.45) is 5.92 Å². The first kappa shape index (κ1) is 16.9. The highest BCUT2D eigenvalue weighted by Crippen LogP contribution is 2.22. The van der Waals surface area contributed by atoms with Crippen molar-refractivity contribution in [1.82, 2.24) is 9.62 Å². The summed E-state index contributed by atoms with van der Waals surface area (Å²) in [5.74, 6) is 0.378. The second-order valence-electron chi connectivity index (χ2n) is 4.88. The minimum atomic E-state index is -3.27. The quantitative estimate of drug-likeness (QED) is 0.745. The first-order valence-corrected chi connectivity index (χ1v) is 9.15. The zero-order valence-corrected chi connectivity index (χ0v) is 13.9. The molecule has 0 radical (unpaired) electrons. The number of likely N-dealkylation sites (N-methyl/N-ethyl adjacent to an activating group) is 1. The molecule has 1 heterocycles. The van der Waals surface area contributed by atoms with Gasteiger partial charge in [0.1, 0.15) is 0 Å². The molecule has 7 heteroatoms. The summed E-state index contributed by atoms with van der Waals surface area (Å²) in [6.45, 7) is 2.21. The molecular weight excluding hydrogens is 304 g/mol. The third-order valence-corrected chi connectivity index (χ3v) is 5.87. The zero-order chi connectivity index (χ0) is 14.5. The standard InChI is InChI=1S/C12H21ClN2O2S2/c1-10(7-13)9-19(16,17)14-8-11(15(2)3)12-5-4-6-18-12/h4-6,10-11,14H,7-9H2,1-3H3. The van der Waals surface area contributed by atoms with Crippen LogP contribution < -0.4 is 4.72 Å². The minimum absolute atomic E-state index is 0.0429. The maximum atomic E-state index is 11.9. The Morgan fingerprint density at radius 1 is 1.47 bits per heavy atom. The molecule has 4 nitrogen and oxygen atoms in total. The fourth-order valence-corrected chi connectivity index (χ4v) is 4.26. The van der Waals surface area contributed by atoms with E-state index in [9.17, 15) is 8.42 Å². The lowest BCUT2D eigenvalue weighted by Crippen LogP contribution is -2.36. The fraction of sp³-hybridized carbons (Fsp3) is 0.667. The summed E-state index contributed by atoms with van der Waals surface area (Å²) in [7, 11) is 0.620. The SMILES string of the molecule is CC(CCl)CS(=O)(=O)NCC(c1cccs1)N(C)C. The highest BCUT2D eigenvalue weighted by Gasteiger charge is 2.20. The Kier molecular flexibility index (Phi) is 6.76. The molecule has 0 aliphatic heterocycles. The normalized spacial score (nSPS) is 15.6. The molecule has 0 aliphatic carbocycles. The first-order chi connectivity index (χ1) is 8.85. The van der Waals surface area contributed by atoms with Crippen LogP contribution in [-0.4, -0.2) is 45.6 Å². The van der Waals surface area contributed by atoms with Gasteiger partial charge in [0.25, 0.3) is 0 Å². The molecular formula is C12H21ClN2O2S2. The van der Waals surface area contributed by atoms with E-state index in [0.717, 1.165) is 4.88 Å². The van der Waals surface area contributed by atoms with E-state index in [-0.39, 0.29) is 17.7 Å². The molecule has 1 aromatic heterocycles. The first-order valence-electron chi connectivity index (χ1n) is 6.09. The summed E-state index contributed by atoms with van der Waals surface area (Å²) in [5, 5.41) is 2.00. The zero-order valence-electron chi connectivity index (χ0n) is 11.5. The number of sulfonamides is 1. The van der Waals surface area contributed by atoms with Crippen LogP contribution in [0.4, 0.5) is 0 Å². The maximum Gasteiger partial charge on any atom is 0.211 e. The van der Waals surface area contributed by atoms with Crippen molar-refractivity contribution < 1.29 is 8.42 Å². The summed E-state index contributed by atoms with van der Waals surface area (Å²) < 4.78 is 26.5. The van der Waals surface area contributed by atoms with E-state index >= 15 is 0 Å². The van der Waals surface area contributed by atoms with E-state index in [1.165, 1.54) is 0 Å². The molecule has 1 aromatic rings. The van der Waals surface area contributed by atoms with E-state index in [1.54, 1.807) is 11.3 Å². The number of nitrogens with zero attached hydrogens (tertiary/aromatic N) is 1. The van der Waals surface area contributed by atoms with Crippen LogP contribution >= 0.6 is 22.9 Å². The van der Waals surface area contributed by atoms with E-state index in [4.69, 9.17) is 11.6 Å². The number of halogens is 1. The van der Waals surface area contributed by atoms with Crippen LogP contribution in [0.15, 0.2) is 17.5 Å². The number of thiophene rings is 1. The number of rotatable bonds is 8. The lowest BCUT2D eigenvalue weighted by atomic mass is 10.2. The molecule has 0 fully saturated rings. The van der Waals surface area contributed by atoms with Gasteiger partial charge in [-0.05, 0) is 31.5 Å².